The Balaban J connectivity index is 1.61. The number of aliphatic hydroxyl groups excluding tert-OH is 1. The van der Waals surface area contributed by atoms with Crippen molar-refractivity contribution < 1.29 is 24.5 Å². The standard InChI is InChI=1S/C32H50O5/c1-18-9-12-28(4)15-16-30(6)21(25(28)19(18)2)17-22(34)26-29(5)13-11-24(37-20(3)33)32(8,27(35)36)23(29)10-14-31(26,30)7/h17-19,22-26,34H,9-16H2,1-8H3,(H,35,36)/t18-,19+,22-,23-,24-,25-,26-,28-,29+,30-,31-,32-/m1/s1. The summed E-state index contributed by atoms with van der Waals surface area (Å²) in [4.78, 5) is 24.8. The van der Waals surface area contributed by atoms with Crippen molar-refractivity contribution in [2.24, 2.45) is 56.7 Å². The summed E-state index contributed by atoms with van der Waals surface area (Å²) < 4.78 is 5.65. The molecule has 0 heterocycles. The molecule has 0 aromatic rings. The fourth-order valence-electron chi connectivity index (χ4n) is 11.3. The molecule has 0 saturated heterocycles. The highest BCUT2D eigenvalue weighted by Crippen LogP contribution is 2.75. The molecule has 0 aromatic heterocycles. The molecule has 0 spiro atoms. The van der Waals surface area contributed by atoms with Gasteiger partial charge in [0.05, 0.1) is 6.10 Å². The van der Waals surface area contributed by atoms with Gasteiger partial charge < -0.3 is 14.9 Å². The van der Waals surface area contributed by atoms with Gasteiger partial charge in [-0.2, -0.15) is 0 Å². The SMILES string of the molecule is CC(=O)O[C@@H]1CC[C@@]2(C)[C@@H](CC[C@]3(C)[C@@H]2[C@H](O)C=C2[C@H]4[C@@H](C)[C@H](C)CC[C@]4(C)CC[C@]23C)[C@@]1(C)C(=O)O. The summed E-state index contributed by atoms with van der Waals surface area (Å²) in [5, 5.41) is 22.6. The van der Waals surface area contributed by atoms with Gasteiger partial charge in [-0.15, -0.1) is 0 Å². The molecule has 5 aliphatic rings. The van der Waals surface area contributed by atoms with Crippen LogP contribution in [0.5, 0.6) is 0 Å². The van der Waals surface area contributed by atoms with Crippen molar-refractivity contribution in [2.75, 3.05) is 0 Å². The number of aliphatic carboxylic acids is 1. The number of carboxylic acid groups (broad SMARTS) is 1. The first kappa shape index (κ1) is 27.2. The summed E-state index contributed by atoms with van der Waals surface area (Å²) >= 11 is 0. The largest absolute Gasteiger partial charge is 0.481 e. The van der Waals surface area contributed by atoms with Crippen LogP contribution in [0.2, 0.25) is 0 Å². The van der Waals surface area contributed by atoms with Crippen LogP contribution >= 0.6 is 0 Å². The van der Waals surface area contributed by atoms with E-state index in [0.29, 0.717) is 29.6 Å². The van der Waals surface area contributed by atoms with E-state index in [1.54, 1.807) is 6.92 Å². The van der Waals surface area contributed by atoms with Crippen LogP contribution in [-0.4, -0.2) is 34.4 Å². The molecule has 0 unspecified atom stereocenters. The molecule has 2 N–H and O–H groups in total. The molecule has 5 rings (SSSR count). The van der Waals surface area contributed by atoms with E-state index in [1.165, 1.54) is 31.8 Å². The molecule has 37 heavy (non-hydrogen) atoms. The second-order valence-electron chi connectivity index (χ2n) is 15.2. The number of hydrogen-bond donors (Lipinski definition) is 2. The van der Waals surface area contributed by atoms with Crippen molar-refractivity contribution in [2.45, 2.75) is 119 Å². The van der Waals surface area contributed by atoms with Crippen LogP contribution in [0.15, 0.2) is 11.6 Å². The van der Waals surface area contributed by atoms with Gasteiger partial charge in [0.15, 0.2) is 0 Å². The minimum atomic E-state index is -1.16. The van der Waals surface area contributed by atoms with E-state index in [0.717, 1.165) is 25.7 Å². The lowest BCUT2D eigenvalue weighted by Crippen LogP contribution is -2.69. The number of ether oxygens (including phenoxy) is 1. The van der Waals surface area contributed by atoms with Gasteiger partial charge in [-0.25, -0.2) is 0 Å². The Bertz CT molecular complexity index is 1020. The molecule has 4 saturated carbocycles. The normalized spacial score (nSPS) is 55.1. The lowest BCUT2D eigenvalue weighted by molar-refractivity contribution is -0.237. The first-order chi connectivity index (χ1) is 17.1. The molecular formula is C32H50O5. The zero-order valence-electron chi connectivity index (χ0n) is 24.4. The molecule has 0 aromatic carbocycles. The summed E-state index contributed by atoms with van der Waals surface area (Å²) in [6.45, 7) is 17.6. The van der Waals surface area contributed by atoms with E-state index < -0.39 is 29.6 Å². The van der Waals surface area contributed by atoms with Crippen molar-refractivity contribution in [3.63, 3.8) is 0 Å². The highest BCUT2D eigenvalue weighted by atomic mass is 16.5. The Labute approximate surface area is 223 Å². The lowest BCUT2D eigenvalue weighted by Gasteiger charge is -2.72. The highest BCUT2D eigenvalue weighted by molar-refractivity contribution is 5.77. The van der Waals surface area contributed by atoms with E-state index in [9.17, 15) is 19.8 Å². The van der Waals surface area contributed by atoms with Crippen LogP contribution in [0.25, 0.3) is 0 Å². The first-order valence-electron chi connectivity index (χ1n) is 14.9. The molecule has 5 heteroatoms. The zero-order valence-corrected chi connectivity index (χ0v) is 24.4. The number of esters is 1. The molecule has 208 valence electrons. The van der Waals surface area contributed by atoms with E-state index in [2.05, 4.69) is 47.6 Å². The average Bonchev–Trinajstić information content (AvgIpc) is 2.79. The van der Waals surface area contributed by atoms with Crippen molar-refractivity contribution in [1.82, 2.24) is 0 Å². The molecule has 0 radical (unpaired) electrons. The molecule has 0 amide bonds. The topological polar surface area (TPSA) is 83.8 Å². The second-order valence-corrected chi connectivity index (χ2v) is 15.2. The zero-order chi connectivity index (χ0) is 27.3. The summed E-state index contributed by atoms with van der Waals surface area (Å²) in [5.74, 6) is 0.292. The number of aliphatic hydroxyl groups is 1. The average molecular weight is 515 g/mol. The van der Waals surface area contributed by atoms with Gasteiger partial charge >= 0.3 is 11.9 Å². The maximum atomic E-state index is 12.9. The third-order valence-corrected chi connectivity index (χ3v) is 13.7. The van der Waals surface area contributed by atoms with Crippen molar-refractivity contribution in [1.29, 1.82) is 0 Å². The minimum absolute atomic E-state index is 0.00721. The Morgan fingerprint density at radius 2 is 1.62 bits per heavy atom. The predicted octanol–water partition coefficient (Wildman–Crippen LogP) is 6.63. The number of allylic oxidation sites excluding steroid dienone is 1. The number of carbonyl (C=O) groups is 2. The Kier molecular flexibility index (Phi) is 6.12. The van der Waals surface area contributed by atoms with Gasteiger partial charge in [0.25, 0.3) is 0 Å². The van der Waals surface area contributed by atoms with Crippen LogP contribution < -0.4 is 0 Å². The van der Waals surface area contributed by atoms with Gasteiger partial charge in [0, 0.05) is 12.8 Å². The van der Waals surface area contributed by atoms with Crippen molar-refractivity contribution in [3.05, 3.63) is 11.6 Å². The van der Waals surface area contributed by atoms with Gasteiger partial charge in [0.1, 0.15) is 11.5 Å². The predicted molar refractivity (Wildman–Crippen MR) is 144 cm³/mol. The number of fused-ring (bicyclic) bond motifs is 7. The van der Waals surface area contributed by atoms with E-state index in [4.69, 9.17) is 4.74 Å². The van der Waals surface area contributed by atoms with Crippen LogP contribution in [-0.2, 0) is 14.3 Å². The summed E-state index contributed by atoms with van der Waals surface area (Å²) in [5.41, 5.74) is 0.161. The van der Waals surface area contributed by atoms with Crippen LogP contribution in [0.4, 0.5) is 0 Å². The fraction of sp³-hybridized carbons (Fsp3) is 0.875. The van der Waals surface area contributed by atoms with Gasteiger partial charge in [-0.05, 0) is 104 Å². The molecule has 0 bridgehead atoms. The molecular weight excluding hydrogens is 464 g/mol. The van der Waals surface area contributed by atoms with Gasteiger partial charge in [-0.3, -0.25) is 9.59 Å². The molecule has 5 aliphatic carbocycles. The number of carbonyl (C=O) groups excluding carboxylic acids is 1. The Morgan fingerprint density at radius 3 is 2.24 bits per heavy atom. The van der Waals surface area contributed by atoms with Crippen LogP contribution in [0.3, 0.4) is 0 Å². The summed E-state index contributed by atoms with van der Waals surface area (Å²) in [6.07, 6.45) is 8.93. The van der Waals surface area contributed by atoms with Crippen molar-refractivity contribution in [3.8, 4) is 0 Å². The van der Waals surface area contributed by atoms with E-state index in [-0.39, 0.29) is 28.1 Å². The molecule has 12 atom stereocenters. The Hall–Kier alpha value is -1.36. The molecule has 0 aliphatic heterocycles. The van der Waals surface area contributed by atoms with E-state index >= 15 is 0 Å². The number of hydrogen-bond acceptors (Lipinski definition) is 4. The number of carboxylic acids is 1. The molecule has 5 nitrogen and oxygen atoms in total. The minimum Gasteiger partial charge on any atom is -0.481 e. The first-order valence-corrected chi connectivity index (χ1v) is 14.9. The maximum Gasteiger partial charge on any atom is 0.313 e. The quantitative estimate of drug-likeness (QED) is 0.319. The Morgan fingerprint density at radius 1 is 0.946 bits per heavy atom. The summed E-state index contributed by atoms with van der Waals surface area (Å²) in [6, 6.07) is 0. The van der Waals surface area contributed by atoms with Gasteiger partial charge in [0.2, 0.25) is 0 Å². The van der Waals surface area contributed by atoms with Gasteiger partial charge in [-0.1, -0.05) is 53.2 Å². The third kappa shape index (κ3) is 3.37. The monoisotopic (exact) mass is 514 g/mol. The van der Waals surface area contributed by atoms with Crippen molar-refractivity contribution >= 4 is 11.9 Å². The van der Waals surface area contributed by atoms with E-state index in [1.807, 2.05) is 0 Å². The van der Waals surface area contributed by atoms with Crippen LogP contribution in [0, 0.1) is 56.7 Å². The summed E-state index contributed by atoms with van der Waals surface area (Å²) in [7, 11) is 0. The lowest BCUT2D eigenvalue weighted by atomic mass is 9.33. The fourth-order valence-corrected chi connectivity index (χ4v) is 11.3. The highest BCUT2D eigenvalue weighted by Gasteiger charge is 2.72. The number of rotatable bonds is 2. The maximum absolute atomic E-state index is 12.9. The second kappa shape index (κ2) is 8.32. The smallest absolute Gasteiger partial charge is 0.313 e. The molecule has 4 fully saturated rings. The van der Waals surface area contributed by atoms with Crippen LogP contribution in [0.1, 0.15) is 107 Å². The third-order valence-electron chi connectivity index (χ3n) is 13.7.